The second kappa shape index (κ2) is 6.18. The van der Waals surface area contributed by atoms with Crippen LogP contribution in [0.4, 0.5) is 5.13 Å². The van der Waals surface area contributed by atoms with Crippen molar-refractivity contribution in [3.63, 3.8) is 0 Å². The lowest BCUT2D eigenvalue weighted by Gasteiger charge is -2.24. The Morgan fingerprint density at radius 1 is 1.50 bits per heavy atom. The van der Waals surface area contributed by atoms with E-state index in [1.165, 1.54) is 0 Å². The molecular formula is C11H21N3OS. The fraction of sp³-hybridized carbons (Fsp3) is 0.727. The highest BCUT2D eigenvalue weighted by Gasteiger charge is 2.16. The van der Waals surface area contributed by atoms with E-state index < -0.39 is 0 Å². The van der Waals surface area contributed by atoms with Crippen LogP contribution < -0.4 is 10.6 Å². The maximum absolute atomic E-state index is 5.71. The van der Waals surface area contributed by atoms with Gasteiger partial charge in [-0.05, 0) is 20.8 Å². The largest absolute Gasteiger partial charge is 0.378 e. The van der Waals surface area contributed by atoms with E-state index >= 15 is 0 Å². The molecule has 1 heterocycles. The molecule has 1 aromatic rings. The summed E-state index contributed by atoms with van der Waals surface area (Å²) in [5.41, 5.74) is 6.68. The first-order valence-corrected chi connectivity index (χ1v) is 6.39. The molecule has 2 N–H and O–H groups in total. The number of ether oxygens (including phenoxy) is 1. The van der Waals surface area contributed by atoms with E-state index in [-0.39, 0.29) is 0 Å². The van der Waals surface area contributed by atoms with Gasteiger partial charge in [0.25, 0.3) is 0 Å². The third-order valence-corrected chi connectivity index (χ3v) is 3.60. The summed E-state index contributed by atoms with van der Waals surface area (Å²) in [6.07, 6.45) is 0. The Labute approximate surface area is 101 Å². The van der Waals surface area contributed by atoms with Crippen LogP contribution in [0.2, 0.25) is 0 Å². The van der Waals surface area contributed by atoms with Crippen LogP contribution in [0.5, 0.6) is 0 Å². The molecule has 0 saturated heterocycles. The summed E-state index contributed by atoms with van der Waals surface area (Å²) in [5.74, 6) is 0. The lowest BCUT2D eigenvalue weighted by Crippen LogP contribution is -2.30. The van der Waals surface area contributed by atoms with E-state index in [2.05, 4.69) is 30.7 Å². The number of anilines is 1. The zero-order valence-electron chi connectivity index (χ0n) is 10.5. The first-order chi connectivity index (χ1) is 7.63. The molecule has 0 atom stereocenters. The van der Waals surface area contributed by atoms with E-state index in [4.69, 9.17) is 10.5 Å². The molecule has 1 rings (SSSR count). The van der Waals surface area contributed by atoms with E-state index in [1.54, 1.807) is 18.4 Å². The Bertz CT molecular complexity index is 325. The summed E-state index contributed by atoms with van der Waals surface area (Å²) in [6, 6.07) is 0.456. The molecule has 92 valence electrons. The zero-order chi connectivity index (χ0) is 12.1. The minimum Gasteiger partial charge on any atom is -0.378 e. The summed E-state index contributed by atoms with van der Waals surface area (Å²) in [5, 5.41) is 1.05. The van der Waals surface area contributed by atoms with Gasteiger partial charge in [-0.25, -0.2) is 4.98 Å². The van der Waals surface area contributed by atoms with Crippen molar-refractivity contribution in [2.45, 2.75) is 40.0 Å². The van der Waals surface area contributed by atoms with E-state index in [0.717, 1.165) is 22.2 Å². The predicted octanol–water partition coefficient (Wildman–Crippen LogP) is 1.98. The van der Waals surface area contributed by atoms with Crippen molar-refractivity contribution in [1.82, 2.24) is 4.98 Å². The standard InChI is InChI=1S/C11H21N3OS/c1-5-14(8(2)3)11-13-9(7-15-4)10(6-12)16-11/h8H,5-7,12H2,1-4H3. The minimum atomic E-state index is 0.456. The predicted molar refractivity (Wildman–Crippen MR) is 68.9 cm³/mol. The van der Waals surface area contributed by atoms with Crippen molar-refractivity contribution in [1.29, 1.82) is 0 Å². The molecule has 0 aromatic carbocycles. The Hall–Kier alpha value is -0.650. The second-order valence-electron chi connectivity index (χ2n) is 3.88. The van der Waals surface area contributed by atoms with Gasteiger partial charge in [-0.1, -0.05) is 0 Å². The highest BCUT2D eigenvalue weighted by Crippen LogP contribution is 2.27. The van der Waals surface area contributed by atoms with Crippen LogP contribution in [-0.4, -0.2) is 24.7 Å². The Balaban J connectivity index is 2.96. The van der Waals surface area contributed by atoms with E-state index in [1.807, 2.05) is 0 Å². The van der Waals surface area contributed by atoms with Crippen molar-refractivity contribution in [2.24, 2.45) is 5.73 Å². The average molecular weight is 243 g/mol. The van der Waals surface area contributed by atoms with E-state index in [0.29, 0.717) is 19.2 Å². The van der Waals surface area contributed by atoms with Gasteiger partial charge in [0, 0.05) is 31.1 Å². The smallest absolute Gasteiger partial charge is 0.186 e. The molecule has 0 spiro atoms. The van der Waals surface area contributed by atoms with Gasteiger partial charge in [0.05, 0.1) is 12.3 Å². The van der Waals surface area contributed by atoms with Crippen LogP contribution >= 0.6 is 11.3 Å². The van der Waals surface area contributed by atoms with Crippen molar-refractivity contribution in [3.8, 4) is 0 Å². The number of methoxy groups -OCH3 is 1. The maximum Gasteiger partial charge on any atom is 0.186 e. The average Bonchev–Trinajstić information content (AvgIpc) is 2.62. The molecule has 16 heavy (non-hydrogen) atoms. The van der Waals surface area contributed by atoms with Crippen molar-refractivity contribution in [3.05, 3.63) is 10.6 Å². The Kier molecular flexibility index (Phi) is 5.18. The molecule has 0 fully saturated rings. The summed E-state index contributed by atoms with van der Waals surface area (Å²) < 4.78 is 5.13. The molecule has 5 heteroatoms. The van der Waals surface area contributed by atoms with E-state index in [9.17, 15) is 0 Å². The van der Waals surface area contributed by atoms with Crippen LogP contribution in [0.3, 0.4) is 0 Å². The monoisotopic (exact) mass is 243 g/mol. The number of aromatic nitrogens is 1. The second-order valence-corrected chi connectivity index (χ2v) is 4.95. The molecule has 0 radical (unpaired) electrons. The van der Waals surface area contributed by atoms with Gasteiger partial charge in [-0.2, -0.15) is 0 Å². The minimum absolute atomic E-state index is 0.456. The molecule has 1 aromatic heterocycles. The number of thiazole rings is 1. The van der Waals surface area contributed by atoms with Crippen molar-refractivity contribution < 1.29 is 4.74 Å². The number of hydrogen-bond donors (Lipinski definition) is 1. The molecule has 0 amide bonds. The molecule has 0 aliphatic carbocycles. The number of rotatable bonds is 6. The summed E-state index contributed by atoms with van der Waals surface area (Å²) in [4.78, 5) is 7.99. The number of nitrogens with two attached hydrogens (primary N) is 1. The van der Waals surface area contributed by atoms with Gasteiger partial charge in [0.15, 0.2) is 5.13 Å². The van der Waals surface area contributed by atoms with Crippen LogP contribution in [0.1, 0.15) is 31.3 Å². The molecule has 0 saturated carbocycles. The third kappa shape index (κ3) is 2.93. The topological polar surface area (TPSA) is 51.4 Å². The maximum atomic E-state index is 5.71. The molecule has 0 aliphatic heterocycles. The van der Waals surface area contributed by atoms with Gasteiger partial charge in [0.1, 0.15) is 0 Å². The highest BCUT2D eigenvalue weighted by molar-refractivity contribution is 7.15. The highest BCUT2D eigenvalue weighted by atomic mass is 32.1. The molecular weight excluding hydrogens is 222 g/mol. The number of hydrogen-bond acceptors (Lipinski definition) is 5. The Morgan fingerprint density at radius 3 is 2.62 bits per heavy atom. The number of nitrogens with zero attached hydrogens (tertiary/aromatic N) is 2. The summed E-state index contributed by atoms with van der Waals surface area (Å²) in [7, 11) is 1.68. The first kappa shape index (κ1) is 13.4. The SMILES string of the molecule is CCN(c1nc(COC)c(CN)s1)C(C)C. The zero-order valence-corrected chi connectivity index (χ0v) is 11.3. The summed E-state index contributed by atoms with van der Waals surface area (Å²) in [6.45, 7) is 8.51. The molecule has 0 aliphatic rings. The molecule has 0 bridgehead atoms. The normalized spacial score (nSPS) is 11.1. The molecule has 0 unspecified atom stereocenters. The fourth-order valence-electron chi connectivity index (χ4n) is 1.62. The van der Waals surface area contributed by atoms with Crippen LogP contribution in [-0.2, 0) is 17.9 Å². The third-order valence-electron chi connectivity index (χ3n) is 2.44. The molecule has 4 nitrogen and oxygen atoms in total. The van der Waals surface area contributed by atoms with Crippen molar-refractivity contribution in [2.75, 3.05) is 18.6 Å². The van der Waals surface area contributed by atoms with Crippen LogP contribution in [0, 0.1) is 0 Å². The lowest BCUT2D eigenvalue weighted by molar-refractivity contribution is 0.181. The summed E-state index contributed by atoms with van der Waals surface area (Å²) >= 11 is 1.67. The quantitative estimate of drug-likeness (QED) is 0.830. The van der Waals surface area contributed by atoms with Gasteiger partial charge >= 0.3 is 0 Å². The van der Waals surface area contributed by atoms with Gasteiger partial charge in [-0.3, -0.25) is 0 Å². The van der Waals surface area contributed by atoms with Crippen LogP contribution in [0.25, 0.3) is 0 Å². The van der Waals surface area contributed by atoms with Crippen LogP contribution in [0.15, 0.2) is 0 Å². The fourth-order valence-corrected chi connectivity index (χ4v) is 2.76. The first-order valence-electron chi connectivity index (χ1n) is 5.58. The van der Waals surface area contributed by atoms with Gasteiger partial charge < -0.3 is 15.4 Å². The lowest BCUT2D eigenvalue weighted by atomic mass is 10.3. The van der Waals surface area contributed by atoms with Gasteiger partial charge in [0.2, 0.25) is 0 Å². The van der Waals surface area contributed by atoms with Crippen molar-refractivity contribution >= 4 is 16.5 Å². The Morgan fingerprint density at radius 2 is 2.19 bits per heavy atom. The van der Waals surface area contributed by atoms with Gasteiger partial charge in [-0.15, -0.1) is 11.3 Å².